The molecule has 1 aromatic carbocycles. The standard InChI is InChI=1S/C16H22ClN3O2/c1-16(2,18)15(22)19-11-6-7-12(13(17)10-11)14(21)20-8-4-3-5-9-20/h6-7,10H,3-5,8-9,18H2,1-2H3,(H,19,22). The molecule has 0 saturated carbocycles. The van der Waals surface area contributed by atoms with Crippen molar-refractivity contribution in [3.63, 3.8) is 0 Å². The highest BCUT2D eigenvalue weighted by Crippen LogP contribution is 2.24. The summed E-state index contributed by atoms with van der Waals surface area (Å²) in [6, 6.07) is 4.91. The third kappa shape index (κ3) is 3.99. The number of benzene rings is 1. The van der Waals surface area contributed by atoms with Crippen molar-refractivity contribution >= 4 is 29.1 Å². The van der Waals surface area contributed by atoms with Crippen molar-refractivity contribution in [3.8, 4) is 0 Å². The van der Waals surface area contributed by atoms with Crippen LogP contribution in [0.4, 0.5) is 5.69 Å². The third-order valence-electron chi connectivity index (χ3n) is 3.69. The fraction of sp³-hybridized carbons (Fsp3) is 0.500. The van der Waals surface area contributed by atoms with E-state index in [0.29, 0.717) is 16.3 Å². The Bertz CT molecular complexity index is 575. The summed E-state index contributed by atoms with van der Waals surface area (Å²) in [6.07, 6.45) is 3.23. The normalized spacial score (nSPS) is 15.5. The lowest BCUT2D eigenvalue weighted by Gasteiger charge is -2.27. The number of piperidine rings is 1. The van der Waals surface area contributed by atoms with Crippen LogP contribution in [0.2, 0.25) is 5.02 Å². The van der Waals surface area contributed by atoms with Gasteiger partial charge in [0, 0.05) is 18.8 Å². The molecule has 6 heteroatoms. The Morgan fingerprint density at radius 3 is 2.41 bits per heavy atom. The van der Waals surface area contributed by atoms with Crippen molar-refractivity contribution < 1.29 is 9.59 Å². The zero-order valence-corrected chi connectivity index (χ0v) is 13.7. The van der Waals surface area contributed by atoms with E-state index in [2.05, 4.69) is 5.32 Å². The molecule has 1 heterocycles. The van der Waals surface area contributed by atoms with Crippen LogP contribution in [0.1, 0.15) is 43.5 Å². The van der Waals surface area contributed by atoms with Crippen molar-refractivity contribution in [1.29, 1.82) is 0 Å². The molecule has 1 fully saturated rings. The van der Waals surface area contributed by atoms with Gasteiger partial charge >= 0.3 is 0 Å². The van der Waals surface area contributed by atoms with Gasteiger partial charge in [-0.3, -0.25) is 9.59 Å². The SMILES string of the molecule is CC(C)(N)C(=O)Nc1ccc(C(=O)N2CCCCC2)c(Cl)c1. The van der Waals surface area contributed by atoms with Gasteiger partial charge in [0.25, 0.3) is 5.91 Å². The Balaban J connectivity index is 2.12. The van der Waals surface area contributed by atoms with E-state index in [1.165, 1.54) is 0 Å². The van der Waals surface area contributed by atoms with Gasteiger partial charge in [-0.2, -0.15) is 0 Å². The molecule has 0 aliphatic carbocycles. The highest BCUT2D eigenvalue weighted by atomic mass is 35.5. The van der Waals surface area contributed by atoms with Crippen molar-refractivity contribution in [2.45, 2.75) is 38.6 Å². The molecule has 0 aromatic heterocycles. The summed E-state index contributed by atoms with van der Waals surface area (Å²) in [7, 11) is 0. The first-order valence-electron chi connectivity index (χ1n) is 7.48. The van der Waals surface area contributed by atoms with E-state index in [-0.39, 0.29) is 11.8 Å². The highest BCUT2D eigenvalue weighted by molar-refractivity contribution is 6.34. The first-order valence-corrected chi connectivity index (χ1v) is 7.86. The van der Waals surface area contributed by atoms with Gasteiger partial charge in [0.1, 0.15) is 0 Å². The molecule has 1 aliphatic rings. The van der Waals surface area contributed by atoms with Crippen LogP contribution < -0.4 is 11.1 Å². The molecule has 22 heavy (non-hydrogen) atoms. The number of carbonyl (C=O) groups is 2. The molecule has 2 rings (SSSR count). The molecule has 2 amide bonds. The van der Waals surface area contributed by atoms with Gasteiger partial charge in [0.15, 0.2) is 0 Å². The van der Waals surface area contributed by atoms with Gasteiger partial charge in [-0.05, 0) is 51.3 Å². The molecule has 0 radical (unpaired) electrons. The number of hydrogen-bond donors (Lipinski definition) is 2. The van der Waals surface area contributed by atoms with Crippen LogP contribution in [0.25, 0.3) is 0 Å². The lowest BCUT2D eigenvalue weighted by atomic mass is 10.1. The van der Waals surface area contributed by atoms with Gasteiger partial charge in [-0.15, -0.1) is 0 Å². The Morgan fingerprint density at radius 2 is 1.86 bits per heavy atom. The van der Waals surface area contributed by atoms with Crippen molar-refractivity contribution in [1.82, 2.24) is 4.90 Å². The predicted molar refractivity (Wildman–Crippen MR) is 88.1 cm³/mol. The summed E-state index contributed by atoms with van der Waals surface area (Å²) in [4.78, 5) is 26.1. The maximum Gasteiger partial charge on any atom is 0.255 e. The molecule has 0 spiro atoms. The van der Waals surface area contributed by atoms with Gasteiger partial charge in [0.05, 0.1) is 16.1 Å². The summed E-state index contributed by atoms with van der Waals surface area (Å²) < 4.78 is 0. The number of anilines is 1. The third-order valence-corrected chi connectivity index (χ3v) is 4.00. The summed E-state index contributed by atoms with van der Waals surface area (Å²) in [5, 5.41) is 3.03. The predicted octanol–water partition coefficient (Wildman–Crippen LogP) is 2.64. The van der Waals surface area contributed by atoms with E-state index in [0.717, 1.165) is 32.4 Å². The van der Waals surface area contributed by atoms with Gasteiger partial charge < -0.3 is 16.0 Å². The highest BCUT2D eigenvalue weighted by Gasteiger charge is 2.23. The second kappa shape index (κ2) is 6.67. The molecular weight excluding hydrogens is 302 g/mol. The molecule has 0 unspecified atom stereocenters. The van der Waals surface area contributed by atoms with Crippen molar-refractivity contribution in [2.75, 3.05) is 18.4 Å². The Labute approximate surface area is 135 Å². The van der Waals surface area contributed by atoms with Gasteiger partial charge in [-0.25, -0.2) is 0 Å². The molecule has 3 N–H and O–H groups in total. The fourth-order valence-electron chi connectivity index (χ4n) is 2.33. The van der Waals surface area contributed by atoms with Crippen molar-refractivity contribution in [2.24, 2.45) is 5.73 Å². The van der Waals surface area contributed by atoms with Crippen LogP contribution in [0.3, 0.4) is 0 Å². The molecule has 0 bridgehead atoms. The summed E-state index contributed by atoms with van der Waals surface area (Å²) >= 11 is 6.21. The Kier molecular flexibility index (Phi) is 5.08. The van der Waals surface area contributed by atoms with Gasteiger partial charge in [0.2, 0.25) is 5.91 Å². The van der Waals surface area contributed by atoms with Crippen LogP contribution in [-0.2, 0) is 4.79 Å². The number of hydrogen-bond acceptors (Lipinski definition) is 3. The molecule has 1 aromatic rings. The van der Waals surface area contributed by atoms with E-state index < -0.39 is 5.54 Å². The van der Waals surface area contributed by atoms with Crippen LogP contribution >= 0.6 is 11.6 Å². The molecule has 0 atom stereocenters. The zero-order valence-electron chi connectivity index (χ0n) is 13.0. The fourth-order valence-corrected chi connectivity index (χ4v) is 2.59. The van der Waals surface area contributed by atoms with Crippen LogP contribution in [0.5, 0.6) is 0 Å². The van der Waals surface area contributed by atoms with E-state index in [4.69, 9.17) is 17.3 Å². The smallest absolute Gasteiger partial charge is 0.255 e. The van der Waals surface area contributed by atoms with Gasteiger partial charge in [-0.1, -0.05) is 11.6 Å². The quantitative estimate of drug-likeness (QED) is 0.898. The number of rotatable bonds is 3. The summed E-state index contributed by atoms with van der Waals surface area (Å²) in [6.45, 7) is 4.79. The van der Waals surface area contributed by atoms with E-state index in [1.807, 2.05) is 4.90 Å². The Hall–Kier alpha value is -1.59. The maximum atomic E-state index is 12.4. The average Bonchev–Trinajstić information content (AvgIpc) is 2.46. The number of amides is 2. The van der Waals surface area contributed by atoms with E-state index in [9.17, 15) is 9.59 Å². The summed E-state index contributed by atoms with van der Waals surface area (Å²) in [5.74, 6) is -0.361. The zero-order chi connectivity index (χ0) is 16.3. The largest absolute Gasteiger partial charge is 0.339 e. The lowest BCUT2D eigenvalue weighted by molar-refractivity contribution is -0.120. The Morgan fingerprint density at radius 1 is 1.23 bits per heavy atom. The molecular formula is C16H22ClN3O2. The minimum atomic E-state index is -0.977. The number of nitrogens with zero attached hydrogens (tertiary/aromatic N) is 1. The molecule has 1 aliphatic heterocycles. The number of likely N-dealkylation sites (tertiary alicyclic amines) is 1. The number of carbonyl (C=O) groups excluding carboxylic acids is 2. The first kappa shape index (κ1) is 16.8. The minimum absolute atomic E-state index is 0.0540. The second-order valence-corrected chi connectivity index (χ2v) is 6.63. The average molecular weight is 324 g/mol. The lowest BCUT2D eigenvalue weighted by Crippen LogP contribution is -2.45. The van der Waals surface area contributed by atoms with E-state index in [1.54, 1.807) is 32.0 Å². The van der Waals surface area contributed by atoms with Crippen LogP contribution in [0.15, 0.2) is 18.2 Å². The second-order valence-electron chi connectivity index (χ2n) is 6.22. The number of nitrogens with one attached hydrogen (secondary N) is 1. The van der Waals surface area contributed by atoms with Crippen LogP contribution in [0, 0.1) is 0 Å². The molecule has 120 valence electrons. The number of halogens is 1. The monoisotopic (exact) mass is 323 g/mol. The van der Waals surface area contributed by atoms with Crippen molar-refractivity contribution in [3.05, 3.63) is 28.8 Å². The first-order chi connectivity index (χ1) is 10.3. The topological polar surface area (TPSA) is 75.4 Å². The maximum absolute atomic E-state index is 12.4. The number of nitrogens with two attached hydrogens (primary N) is 1. The minimum Gasteiger partial charge on any atom is -0.339 e. The summed E-state index contributed by atoms with van der Waals surface area (Å²) in [5.41, 5.74) is 5.75. The van der Waals surface area contributed by atoms with E-state index >= 15 is 0 Å². The molecule has 1 saturated heterocycles. The molecule has 5 nitrogen and oxygen atoms in total. The van der Waals surface area contributed by atoms with Crippen LogP contribution in [-0.4, -0.2) is 35.3 Å².